The van der Waals surface area contributed by atoms with E-state index >= 15 is 0 Å². The number of nitrogens with one attached hydrogen (secondary N) is 1. The summed E-state index contributed by atoms with van der Waals surface area (Å²) >= 11 is 0. The molecule has 16 heavy (non-hydrogen) atoms. The van der Waals surface area contributed by atoms with E-state index in [-0.39, 0.29) is 11.9 Å². The second kappa shape index (κ2) is 4.09. The molecule has 1 aromatic heterocycles. The lowest BCUT2D eigenvalue weighted by Crippen LogP contribution is -2.39. The van der Waals surface area contributed by atoms with Gasteiger partial charge in [0.2, 0.25) is 0 Å². The van der Waals surface area contributed by atoms with Crippen LogP contribution in [-0.2, 0) is 4.74 Å². The lowest BCUT2D eigenvalue weighted by molar-refractivity contribution is -0.0798. The average molecular weight is 221 g/mol. The number of nitrogen functional groups attached to an aromatic ring is 1. The number of hydrogen-bond donors (Lipinski definition) is 2. The maximum Gasteiger partial charge on any atom is 0.145 e. The van der Waals surface area contributed by atoms with Crippen molar-refractivity contribution in [1.82, 2.24) is 4.98 Å². The highest BCUT2D eigenvalue weighted by molar-refractivity contribution is 5.98. The second-order valence-electron chi connectivity index (χ2n) is 3.91. The Labute approximate surface area is 94.1 Å². The molecule has 5 heteroatoms. The summed E-state index contributed by atoms with van der Waals surface area (Å²) in [6.45, 7) is 4.91. The van der Waals surface area contributed by atoms with Crippen LogP contribution in [0.25, 0.3) is 0 Å². The van der Waals surface area contributed by atoms with E-state index in [0.717, 1.165) is 11.4 Å². The van der Waals surface area contributed by atoms with Crippen molar-refractivity contribution >= 4 is 5.84 Å². The largest absolute Gasteiger partial charge is 0.485 e. The zero-order valence-electron chi connectivity index (χ0n) is 9.41. The molecule has 0 unspecified atom stereocenters. The van der Waals surface area contributed by atoms with Gasteiger partial charge >= 0.3 is 0 Å². The van der Waals surface area contributed by atoms with Crippen LogP contribution in [0.1, 0.15) is 17.0 Å². The molecule has 1 saturated heterocycles. The molecule has 1 aliphatic heterocycles. The number of nitrogens with zero attached hydrogens (tertiary/aromatic N) is 1. The summed E-state index contributed by atoms with van der Waals surface area (Å²) in [7, 11) is 0. The van der Waals surface area contributed by atoms with Gasteiger partial charge in [-0.3, -0.25) is 10.4 Å². The van der Waals surface area contributed by atoms with Crippen LogP contribution in [0.2, 0.25) is 0 Å². The first-order valence-corrected chi connectivity index (χ1v) is 5.15. The molecule has 1 aliphatic rings. The Hall–Kier alpha value is -1.62. The maximum atomic E-state index is 7.53. The summed E-state index contributed by atoms with van der Waals surface area (Å²) in [5.74, 6) is 0.617. The molecule has 1 aromatic rings. The molecule has 0 saturated carbocycles. The Morgan fingerprint density at radius 1 is 1.56 bits per heavy atom. The van der Waals surface area contributed by atoms with Crippen LogP contribution in [0, 0.1) is 19.3 Å². The van der Waals surface area contributed by atoms with Crippen LogP contribution in [0.4, 0.5) is 0 Å². The Kier molecular flexibility index (Phi) is 2.78. The third-order valence-corrected chi connectivity index (χ3v) is 2.46. The van der Waals surface area contributed by atoms with Crippen molar-refractivity contribution in [1.29, 1.82) is 5.41 Å². The first kappa shape index (κ1) is 10.9. The molecule has 0 aliphatic carbocycles. The predicted molar refractivity (Wildman–Crippen MR) is 60.0 cm³/mol. The van der Waals surface area contributed by atoms with Crippen LogP contribution in [0.15, 0.2) is 6.07 Å². The van der Waals surface area contributed by atoms with Gasteiger partial charge in [-0.1, -0.05) is 0 Å². The molecule has 0 atom stereocenters. The van der Waals surface area contributed by atoms with E-state index in [1.165, 1.54) is 0 Å². The van der Waals surface area contributed by atoms with Crippen LogP contribution in [0.5, 0.6) is 5.75 Å². The minimum atomic E-state index is -0.0137. The Balaban J connectivity index is 2.35. The average Bonchev–Trinajstić information content (AvgIpc) is 2.09. The number of amidine groups is 1. The third-order valence-electron chi connectivity index (χ3n) is 2.46. The monoisotopic (exact) mass is 221 g/mol. The van der Waals surface area contributed by atoms with Gasteiger partial charge in [0.25, 0.3) is 0 Å². The SMILES string of the molecule is Cc1cc(OC2COC2)c(C(=N)N)c(C)n1. The fraction of sp³-hybridized carbons (Fsp3) is 0.455. The van der Waals surface area contributed by atoms with Crippen molar-refractivity contribution in [3.63, 3.8) is 0 Å². The molecule has 0 aromatic carbocycles. The van der Waals surface area contributed by atoms with Gasteiger partial charge in [0.1, 0.15) is 17.7 Å². The van der Waals surface area contributed by atoms with Gasteiger partial charge in [-0.25, -0.2) is 0 Å². The molecule has 86 valence electrons. The summed E-state index contributed by atoms with van der Waals surface area (Å²) in [5, 5.41) is 7.53. The minimum absolute atomic E-state index is 0.0137. The fourth-order valence-electron chi connectivity index (χ4n) is 1.68. The smallest absolute Gasteiger partial charge is 0.145 e. The number of hydrogen-bond acceptors (Lipinski definition) is 4. The molecule has 0 amide bonds. The molecular formula is C11H15N3O2. The molecule has 3 N–H and O–H groups in total. The van der Waals surface area contributed by atoms with Gasteiger partial charge in [-0.2, -0.15) is 0 Å². The molecule has 2 rings (SSSR count). The first-order chi connectivity index (χ1) is 7.58. The summed E-state index contributed by atoms with van der Waals surface area (Å²) in [5.41, 5.74) is 7.70. The number of rotatable bonds is 3. The molecule has 1 fully saturated rings. The lowest BCUT2D eigenvalue weighted by Gasteiger charge is -2.28. The molecule has 2 heterocycles. The Morgan fingerprint density at radius 3 is 2.75 bits per heavy atom. The Bertz CT molecular complexity index is 427. The number of nitrogens with two attached hydrogens (primary N) is 1. The van der Waals surface area contributed by atoms with Crippen LogP contribution in [0.3, 0.4) is 0 Å². The van der Waals surface area contributed by atoms with Gasteiger partial charge in [0.15, 0.2) is 0 Å². The van der Waals surface area contributed by atoms with Crippen molar-refractivity contribution in [2.75, 3.05) is 13.2 Å². The van der Waals surface area contributed by atoms with Crippen LogP contribution >= 0.6 is 0 Å². The summed E-state index contributed by atoms with van der Waals surface area (Å²) in [4.78, 5) is 4.27. The van der Waals surface area contributed by atoms with E-state index in [1.54, 1.807) is 0 Å². The van der Waals surface area contributed by atoms with E-state index in [1.807, 2.05) is 19.9 Å². The number of pyridine rings is 1. The lowest BCUT2D eigenvalue weighted by atomic mass is 10.1. The third kappa shape index (κ3) is 1.99. The molecule has 0 bridgehead atoms. The first-order valence-electron chi connectivity index (χ1n) is 5.15. The fourth-order valence-corrected chi connectivity index (χ4v) is 1.68. The van der Waals surface area contributed by atoms with Crippen LogP contribution in [-0.4, -0.2) is 30.1 Å². The second-order valence-corrected chi connectivity index (χ2v) is 3.91. The summed E-state index contributed by atoms with van der Waals surface area (Å²) < 4.78 is 10.8. The topological polar surface area (TPSA) is 81.2 Å². The van der Waals surface area contributed by atoms with E-state index in [9.17, 15) is 0 Å². The quantitative estimate of drug-likeness (QED) is 0.583. The Morgan fingerprint density at radius 2 is 2.25 bits per heavy atom. The van der Waals surface area contributed by atoms with E-state index < -0.39 is 0 Å². The zero-order chi connectivity index (χ0) is 11.7. The van der Waals surface area contributed by atoms with Crippen LogP contribution < -0.4 is 10.5 Å². The van der Waals surface area contributed by atoms with E-state index in [2.05, 4.69) is 4.98 Å². The van der Waals surface area contributed by atoms with Crippen molar-refractivity contribution in [3.8, 4) is 5.75 Å². The standard InChI is InChI=1S/C11H15N3O2/c1-6-3-9(16-8-4-15-5-8)10(11(12)13)7(2)14-6/h3,8H,4-5H2,1-2H3,(H3,12,13). The van der Waals surface area contributed by atoms with E-state index in [0.29, 0.717) is 24.5 Å². The highest BCUT2D eigenvalue weighted by Crippen LogP contribution is 2.24. The number of aromatic nitrogens is 1. The van der Waals surface area contributed by atoms with Gasteiger partial charge in [-0.05, 0) is 13.8 Å². The zero-order valence-corrected chi connectivity index (χ0v) is 9.41. The summed E-state index contributed by atoms with van der Waals surface area (Å²) in [6.07, 6.45) is 0.0688. The molecule has 0 spiro atoms. The molecule has 0 radical (unpaired) electrons. The minimum Gasteiger partial charge on any atom is -0.485 e. The van der Waals surface area contributed by atoms with Crippen molar-refractivity contribution in [2.24, 2.45) is 5.73 Å². The normalized spacial score (nSPS) is 15.6. The van der Waals surface area contributed by atoms with Crippen molar-refractivity contribution in [3.05, 3.63) is 23.0 Å². The van der Waals surface area contributed by atoms with Gasteiger partial charge in [0, 0.05) is 11.8 Å². The van der Waals surface area contributed by atoms with Crippen molar-refractivity contribution in [2.45, 2.75) is 20.0 Å². The molecule has 5 nitrogen and oxygen atoms in total. The van der Waals surface area contributed by atoms with Gasteiger partial charge in [-0.15, -0.1) is 0 Å². The van der Waals surface area contributed by atoms with Gasteiger partial charge in [0.05, 0.1) is 24.5 Å². The molecular weight excluding hydrogens is 206 g/mol. The highest BCUT2D eigenvalue weighted by Gasteiger charge is 2.23. The highest BCUT2D eigenvalue weighted by atomic mass is 16.6. The number of ether oxygens (including phenoxy) is 2. The van der Waals surface area contributed by atoms with Gasteiger partial charge < -0.3 is 15.2 Å². The van der Waals surface area contributed by atoms with E-state index in [4.69, 9.17) is 20.6 Å². The number of aryl methyl sites for hydroxylation is 2. The predicted octanol–water partition coefficient (Wildman–Crippen LogP) is 0.760. The maximum absolute atomic E-state index is 7.53. The van der Waals surface area contributed by atoms with Crippen molar-refractivity contribution < 1.29 is 9.47 Å². The summed E-state index contributed by atoms with van der Waals surface area (Å²) in [6, 6.07) is 1.81.